The molecule has 1 saturated carbocycles. The maximum atomic E-state index is 12.2. The van der Waals surface area contributed by atoms with Gasteiger partial charge in [0.1, 0.15) is 0 Å². The van der Waals surface area contributed by atoms with E-state index < -0.39 is 0 Å². The molecule has 2 heterocycles. The van der Waals surface area contributed by atoms with Crippen LogP contribution in [0.2, 0.25) is 0 Å². The molecule has 1 amide bonds. The minimum atomic E-state index is -0.0890. The molecule has 0 radical (unpaired) electrons. The van der Waals surface area contributed by atoms with Crippen molar-refractivity contribution in [2.75, 3.05) is 19.6 Å². The topological polar surface area (TPSA) is 71.8 Å². The van der Waals surface area contributed by atoms with Gasteiger partial charge in [-0.05, 0) is 44.7 Å². The monoisotopic (exact) mass is 355 g/mol. The predicted octanol–water partition coefficient (Wildman–Crippen LogP) is 2.71. The van der Waals surface area contributed by atoms with E-state index >= 15 is 0 Å². The van der Waals surface area contributed by atoms with Crippen LogP contribution in [0.1, 0.15) is 74.3 Å². The molecule has 1 aliphatic heterocycles. The molecule has 1 aromatic rings. The lowest BCUT2D eigenvalue weighted by molar-refractivity contribution is 0.0947. The Balaban J connectivity index is 0.00000208. The number of hydrogen-bond acceptors (Lipinski definition) is 4. The number of piperidine rings is 1. The first-order valence-corrected chi connectivity index (χ1v) is 9.23. The van der Waals surface area contributed by atoms with Crippen molar-refractivity contribution in [3.63, 3.8) is 0 Å². The van der Waals surface area contributed by atoms with Crippen molar-refractivity contribution < 1.29 is 4.79 Å². The third kappa shape index (κ3) is 5.45. The van der Waals surface area contributed by atoms with Gasteiger partial charge in [0, 0.05) is 6.54 Å². The summed E-state index contributed by atoms with van der Waals surface area (Å²) in [6, 6.07) is 0.372. The first-order valence-electron chi connectivity index (χ1n) is 9.23. The molecule has 136 valence electrons. The van der Waals surface area contributed by atoms with Crippen LogP contribution >= 0.6 is 12.4 Å². The maximum Gasteiger partial charge on any atom is 0.273 e. The largest absolute Gasteiger partial charge is 0.351 e. The van der Waals surface area contributed by atoms with Gasteiger partial charge in [0.15, 0.2) is 5.69 Å². The molecular weight excluding hydrogens is 326 g/mol. The molecule has 6 nitrogen and oxygen atoms in total. The van der Waals surface area contributed by atoms with Gasteiger partial charge in [-0.15, -0.1) is 17.5 Å². The second-order valence-corrected chi connectivity index (χ2v) is 6.97. The number of hydrogen-bond donors (Lipinski definition) is 2. The summed E-state index contributed by atoms with van der Waals surface area (Å²) in [5, 5.41) is 14.5. The number of aromatic nitrogens is 3. The molecule has 0 spiro atoms. The Kier molecular flexibility index (Phi) is 7.99. The maximum absolute atomic E-state index is 12.2. The van der Waals surface area contributed by atoms with E-state index in [1.165, 1.54) is 38.5 Å². The number of carbonyl (C=O) groups is 1. The van der Waals surface area contributed by atoms with Gasteiger partial charge in [-0.25, -0.2) is 4.68 Å². The van der Waals surface area contributed by atoms with Crippen molar-refractivity contribution in [1.29, 1.82) is 0 Å². The highest BCUT2D eigenvalue weighted by Gasteiger charge is 2.18. The highest BCUT2D eigenvalue weighted by molar-refractivity contribution is 5.91. The fraction of sp³-hybridized carbons (Fsp3) is 0.824. The van der Waals surface area contributed by atoms with Crippen LogP contribution < -0.4 is 10.6 Å². The number of halogens is 1. The minimum Gasteiger partial charge on any atom is -0.351 e. The highest BCUT2D eigenvalue weighted by atomic mass is 35.5. The summed E-state index contributed by atoms with van der Waals surface area (Å²) in [5.41, 5.74) is 0.446. The molecule has 3 rings (SSSR count). The van der Waals surface area contributed by atoms with Crippen LogP contribution in [0.15, 0.2) is 6.20 Å². The summed E-state index contributed by atoms with van der Waals surface area (Å²) in [6.45, 7) is 2.76. The Morgan fingerprint density at radius 2 is 1.96 bits per heavy atom. The molecule has 0 unspecified atom stereocenters. The van der Waals surface area contributed by atoms with Gasteiger partial charge in [0.2, 0.25) is 0 Å². The van der Waals surface area contributed by atoms with Crippen LogP contribution in [0.25, 0.3) is 0 Å². The summed E-state index contributed by atoms with van der Waals surface area (Å²) in [7, 11) is 0. The van der Waals surface area contributed by atoms with Crippen molar-refractivity contribution in [2.45, 2.75) is 63.8 Å². The molecule has 1 aromatic heterocycles. The van der Waals surface area contributed by atoms with Crippen molar-refractivity contribution >= 4 is 18.3 Å². The van der Waals surface area contributed by atoms with Crippen molar-refractivity contribution in [1.82, 2.24) is 25.6 Å². The van der Waals surface area contributed by atoms with Crippen LogP contribution in [0.3, 0.4) is 0 Å². The van der Waals surface area contributed by atoms with Crippen LogP contribution in [0, 0.1) is 5.92 Å². The summed E-state index contributed by atoms with van der Waals surface area (Å²) in [5.74, 6) is 0.787. The van der Waals surface area contributed by atoms with E-state index in [9.17, 15) is 4.79 Å². The molecule has 0 bridgehead atoms. The summed E-state index contributed by atoms with van der Waals surface area (Å²) in [4.78, 5) is 12.2. The Hall–Kier alpha value is -1.14. The molecule has 7 heteroatoms. The van der Waals surface area contributed by atoms with Gasteiger partial charge in [0.05, 0.1) is 12.2 Å². The Morgan fingerprint density at radius 3 is 2.71 bits per heavy atom. The van der Waals surface area contributed by atoms with Gasteiger partial charge in [0.25, 0.3) is 5.91 Å². The smallest absolute Gasteiger partial charge is 0.273 e. The molecule has 2 aliphatic rings. The number of nitrogens with one attached hydrogen (secondary N) is 2. The molecule has 0 aromatic carbocycles. The van der Waals surface area contributed by atoms with Crippen molar-refractivity contribution in [2.24, 2.45) is 5.92 Å². The van der Waals surface area contributed by atoms with Gasteiger partial charge in [-0.3, -0.25) is 4.79 Å². The van der Waals surface area contributed by atoms with E-state index in [0.717, 1.165) is 44.8 Å². The first-order chi connectivity index (χ1) is 11.3. The second kappa shape index (κ2) is 9.99. The van der Waals surface area contributed by atoms with E-state index in [1.807, 2.05) is 4.68 Å². The number of carbonyl (C=O) groups excluding carboxylic acids is 1. The Labute approximate surface area is 150 Å². The fourth-order valence-electron chi connectivity index (χ4n) is 3.79. The molecular formula is C17H30ClN5O. The van der Waals surface area contributed by atoms with Gasteiger partial charge in [-0.2, -0.15) is 0 Å². The zero-order chi connectivity index (χ0) is 15.9. The second-order valence-electron chi connectivity index (χ2n) is 6.97. The lowest BCUT2D eigenvalue weighted by Crippen LogP contribution is -2.29. The highest BCUT2D eigenvalue weighted by Crippen LogP contribution is 2.26. The molecule has 24 heavy (non-hydrogen) atoms. The van der Waals surface area contributed by atoms with Crippen molar-refractivity contribution in [3.8, 4) is 0 Å². The van der Waals surface area contributed by atoms with E-state index in [4.69, 9.17) is 0 Å². The summed E-state index contributed by atoms with van der Waals surface area (Å²) in [6.07, 6.45) is 13.1. The van der Waals surface area contributed by atoms with Crippen LogP contribution in [-0.2, 0) is 0 Å². The van der Waals surface area contributed by atoms with Crippen LogP contribution in [-0.4, -0.2) is 40.5 Å². The number of amides is 1. The standard InChI is InChI=1S/C17H29N5O.ClH/c23-17(19-10-4-7-14-5-2-1-3-6-14)16-13-22(21-20-16)15-8-11-18-12-9-15;/h13-15,18H,1-12H2,(H,19,23);1H. The average molecular weight is 356 g/mol. The van der Waals surface area contributed by atoms with Crippen LogP contribution in [0.5, 0.6) is 0 Å². The molecule has 2 fully saturated rings. The van der Waals surface area contributed by atoms with E-state index in [-0.39, 0.29) is 18.3 Å². The normalized spacial score (nSPS) is 19.7. The average Bonchev–Trinajstić information content (AvgIpc) is 3.10. The molecule has 2 N–H and O–H groups in total. The van der Waals surface area contributed by atoms with Gasteiger partial charge < -0.3 is 10.6 Å². The molecule has 1 saturated heterocycles. The molecule has 1 aliphatic carbocycles. The zero-order valence-corrected chi connectivity index (χ0v) is 15.2. The third-order valence-corrected chi connectivity index (χ3v) is 5.23. The Bertz CT molecular complexity index is 495. The lowest BCUT2D eigenvalue weighted by Gasteiger charge is -2.22. The van der Waals surface area contributed by atoms with E-state index in [0.29, 0.717) is 11.7 Å². The van der Waals surface area contributed by atoms with E-state index in [2.05, 4.69) is 20.9 Å². The van der Waals surface area contributed by atoms with Crippen molar-refractivity contribution in [3.05, 3.63) is 11.9 Å². The molecule has 0 atom stereocenters. The zero-order valence-electron chi connectivity index (χ0n) is 14.4. The Morgan fingerprint density at radius 1 is 1.21 bits per heavy atom. The summed E-state index contributed by atoms with van der Waals surface area (Å²) < 4.78 is 1.86. The first kappa shape index (κ1) is 19.2. The quantitative estimate of drug-likeness (QED) is 0.769. The minimum absolute atomic E-state index is 0. The fourth-order valence-corrected chi connectivity index (χ4v) is 3.79. The predicted molar refractivity (Wildman–Crippen MR) is 96.6 cm³/mol. The lowest BCUT2D eigenvalue weighted by atomic mass is 9.86. The van der Waals surface area contributed by atoms with Gasteiger partial charge in [-0.1, -0.05) is 37.3 Å². The van der Waals surface area contributed by atoms with Gasteiger partial charge >= 0.3 is 0 Å². The van der Waals surface area contributed by atoms with E-state index in [1.54, 1.807) is 6.20 Å². The number of rotatable bonds is 6. The SMILES string of the molecule is Cl.O=C(NCCCC1CCCCC1)c1cn(C2CCNCC2)nn1. The number of nitrogens with zero attached hydrogens (tertiary/aromatic N) is 3. The third-order valence-electron chi connectivity index (χ3n) is 5.23. The van der Waals surface area contributed by atoms with Crippen LogP contribution in [0.4, 0.5) is 0 Å². The summed E-state index contributed by atoms with van der Waals surface area (Å²) >= 11 is 0.